The third kappa shape index (κ3) is 3.94. The summed E-state index contributed by atoms with van der Waals surface area (Å²) in [5.74, 6) is 0.687. The number of carbonyl (C=O) groups excluding carboxylic acids is 2. The fraction of sp³-hybridized carbons (Fsp3) is 0.333. The van der Waals surface area contributed by atoms with Crippen molar-refractivity contribution in [2.45, 2.75) is 19.3 Å². The minimum Gasteiger partial charge on any atom is -0.491 e. The molecule has 24 heavy (non-hydrogen) atoms. The lowest BCUT2D eigenvalue weighted by atomic mass is 10.1. The van der Waals surface area contributed by atoms with Gasteiger partial charge in [0.1, 0.15) is 5.75 Å². The molecule has 0 fully saturated rings. The van der Waals surface area contributed by atoms with Gasteiger partial charge in [0.2, 0.25) is 11.8 Å². The Morgan fingerprint density at radius 1 is 1.38 bits per heavy atom. The molecule has 1 aromatic carbocycles. The van der Waals surface area contributed by atoms with Crippen LogP contribution >= 0.6 is 11.3 Å². The average Bonchev–Trinajstić information content (AvgIpc) is 3.04. The van der Waals surface area contributed by atoms with Crippen LogP contribution in [0.2, 0.25) is 0 Å². The average molecular weight is 344 g/mol. The zero-order valence-electron chi connectivity index (χ0n) is 13.6. The van der Waals surface area contributed by atoms with E-state index < -0.39 is 0 Å². The summed E-state index contributed by atoms with van der Waals surface area (Å²) in [6.45, 7) is 1.02. The van der Waals surface area contributed by atoms with E-state index >= 15 is 0 Å². The van der Waals surface area contributed by atoms with E-state index in [1.165, 1.54) is 4.88 Å². The Balaban J connectivity index is 1.60. The molecule has 5 nitrogen and oxygen atoms in total. The minimum absolute atomic E-state index is 0.0185. The van der Waals surface area contributed by atoms with Crippen LogP contribution in [0, 0.1) is 0 Å². The van der Waals surface area contributed by atoms with E-state index in [-0.39, 0.29) is 11.8 Å². The van der Waals surface area contributed by atoms with E-state index in [0.717, 1.165) is 17.7 Å². The molecule has 3 rings (SSSR count). The Morgan fingerprint density at radius 2 is 2.25 bits per heavy atom. The summed E-state index contributed by atoms with van der Waals surface area (Å²) in [6, 6.07) is 9.64. The predicted octanol–water partition coefficient (Wildman–Crippen LogP) is 2.39. The van der Waals surface area contributed by atoms with E-state index in [1.807, 2.05) is 29.6 Å². The highest BCUT2D eigenvalue weighted by Crippen LogP contribution is 2.31. The molecule has 126 valence electrons. The van der Waals surface area contributed by atoms with Crippen LogP contribution in [-0.4, -0.2) is 32.0 Å². The van der Waals surface area contributed by atoms with Gasteiger partial charge >= 0.3 is 0 Å². The van der Waals surface area contributed by atoms with Gasteiger partial charge < -0.3 is 15.0 Å². The smallest absolute Gasteiger partial charge is 0.230 e. The largest absolute Gasteiger partial charge is 0.491 e. The Morgan fingerprint density at radius 3 is 3.04 bits per heavy atom. The quantitative estimate of drug-likeness (QED) is 0.906. The van der Waals surface area contributed by atoms with Gasteiger partial charge in [-0.3, -0.25) is 9.59 Å². The summed E-state index contributed by atoms with van der Waals surface area (Å²) < 4.78 is 5.59. The van der Waals surface area contributed by atoms with Crippen molar-refractivity contribution in [2.24, 2.45) is 0 Å². The van der Waals surface area contributed by atoms with Gasteiger partial charge in [0.25, 0.3) is 0 Å². The molecular formula is C18H20N2O3S. The minimum atomic E-state index is -0.0185. The Labute approximate surface area is 145 Å². The van der Waals surface area contributed by atoms with Gasteiger partial charge in [-0.2, -0.15) is 0 Å². The first-order chi connectivity index (χ1) is 11.6. The summed E-state index contributed by atoms with van der Waals surface area (Å²) in [6.07, 6.45) is 1.50. The summed E-state index contributed by atoms with van der Waals surface area (Å²) in [7, 11) is 1.74. The number of benzene rings is 1. The highest BCUT2D eigenvalue weighted by atomic mass is 32.1. The number of nitrogens with one attached hydrogen (secondary N) is 1. The summed E-state index contributed by atoms with van der Waals surface area (Å²) >= 11 is 1.69. The van der Waals surface area contributed by atoms with Gasteiger partial charge in [0.15, 0.2) is 0 Å². The maximum atomic E-state index is 12.1. The van der Waals surface area contributed by atoms with E-state index in [4.69, 9.17) is 4.74 Å². The number of fused-ring (bicyclic) bond motifs is 1. The van der Waals surface area contributed by atoms with Crippen LogP contribution < -0.4 is 15.0 Å². The molecule has 0 bridgehead atoms. The molecule has 6 heteroatoms. The van der Waals surface area contributed by atoms with Crippen LogP contribution in [0.25, 0.3) is 0 Å². The van der Waals surface area contributed by atoms with Gasteiger partial charge in [-0.15, -0.1) is 11.3 Å². The zero-order valence-corrected chi connectivity index (χ0v) is 14.4. The van der Waals surface area contributed by atoms with Crippen molar-refractivity contribution in [3.63, 3.8) is 0 Å². The van der Waals surface area contributed by atoms with Crippen molar-refractivity contribution in [1.82, 2.24) is 5.32 Å². The van der Waals surface area contributed by atoms with E-state index in [1.54, 1.807) is 23.3 Å². The second-order valence-electron chi connectivity index (χ2n) is 5.71. The summed E-state index contributed by atoms with van der Waals surface area (Å²) in [4.78, 5) is 26.9. The van der Waals surface area contributed by atoms with Crippen LogP contribution in [0.15, 0.2) is 35.7 Å². The lowest BCUT2D eigenvalue weighted by Gasteiger charge is -2.17. The lowest BCUT2D eigenvalue weighted by Crippen LogP contribution is -2.27. The molecule has 0 spiro atoms. The fourth-order valence-electron chi connectivity index (χ4n) is 2.64. The van der Waals surface area contributed by atoms with Crippen molar-refractivity contribution >= 4 is 28.8 Å². The van der Waals surface area contributed by atoms with Crippen LogP contribution in [0.5, 0.6) is 5.75 Å². The Hall–Kier alpha value is -2.34. The molecular weight excluding hydrogens is 324 g/mol. The Bertz CT molecular complexity index is 728. The third-order valence-corrected chi connectivity index (χ3v) is 4.91. The van der Waals surface area contributed by atoms with Gasteiger partial charge in [-0.05, 0) is 35.6 Å². The fourth-order valence-corrected chi connectivity index (χ4v) is 3.34. The number of rotatable bonds is 5. The molecule has 0 saturated carbocycles. The highest BCUT2D eigenvalue weighted by Gasteiger charge is 2.20. The molecule has 1 N–H and O–H groups in total. The number of thiophene rings is 1. The molecule has 2 aromatic rings. The number of carbonyl (C=O) groups is 2. The second kappa shape index (κ2) is 7.49. The first kappa shape index (κ1) is 16.5. The molecule has 0 unspecified atom stereocenters. The van der Waals surface area contributed by atoms with E-state index in [9.17, 15) is 9.59 Å². The van der Waals surface area contributed by atoms with Gasteiger partial charge in [0.05, 0.1) is 25.1 Å². The molecule has 0 saturated heterocycles. The predicted molar refractivity (Wildman–Crippen MR) is 94.7 cm³/mol. The normalized spacial score (nSPS) is 13.9. The van der Waals surface area contributed by atoms with Crippen LogP contribution in [0.1, 0.15) is 16.9 Å². The number of anilines is 1. The number of hydrogen-bond acceptors (Lipinski definition) is 4. The Kier molecular flexibility index (Phi) is 5.15. The monoisotopic (exact) mass is 344 g/mol. The number of ether oxygens (including phenoxy) is 1. The number of nitrogens with zero attached hydrogens (tertiary/aromatic N) is 1. The SMILES string of the molecule is CN1C(=O)CCOc2ccc(CC(=O)NCCc3cccs3)cc21. The van der Waals surface area contributed by atoms with Gasteiger partial charge in [-0.25, -0.2) is 0 Å². The standard InChI is InChI=1S/C18H20N2O3S/c1-20-15-11-13(4-5-16(15)23-9-7-18(20)22)12-17(21)19-8-6-14-3-2-10-24-14/h2-5,10-11H,6-9,12H2,1H3,(H,19,21). The number of hydrogen-bond donors (Lipinski definition) is 1. The van der Waals surface area contributed by atoms with E-state index in [2.05, 4.69) is 11.4 Å². The second-order valence-corrected chi connectivity index (χ2v) is 6.74. The van der Waals surface area contributed by atoms with Crippen LogP contribution in [-0.2, 0) is 22.4 Å². The van der Waals surface area contributed by atoms with Gasteiger partial charge in [-0.1, -0.05) is 12.1 Å². The zero-order chi connectivity index (χ0) is 16.9. The molecule has 0 atom stereocenters. The third-order valence-electron chi connectivity index (χ3n) is 3.97. The molecule has 0 radical (unpaired) electrons. The first-order valence-corrected chi connectivity index (χ1v) is 8.83. The molecule has 1 aliphatic heterocycles. The van der Waals surface area contributed by atoms with Crippen molar-refractivity contribution in [3.05, 3.63) is 46.2 Å². The van der Waals surface area contributed by atoms with Crippen molar-refractivity contribution in [3.8, 4) is 5.75 Å². The van der Waals surface area contributed by atoms with Crippen molar-refractivity contribution in [2.75, 3.05) is 25.1 Å². The molecule has 1 aromatic heterocycles. The maximum Gasteiger partial charge on any atom is 0.230 e. The van der Waals surface area contributed by atoms with Gasteiger partial charge in [0, 0.05) is 18.5 Å². The number of amides is 2. The first-order valence-electron chi connectivity index (χ1n) is 7.95. The molecule has 1 aliphatic rings. The van der Waals surface area contributed by atoms with E-state index in [0.29, 0.717) is 31.7 Å². The maximum absolute atomic E-state index is 12.1. The van der Waals surface area contributed by atoms with Crippen LogP contribution in [0.3, 0.4) is 0 Å². The van der Waals surface area contributed by atoms with Crippen molar-refractivity contribution < 1.29 is 14.3 Å². The molecule has 2 heterocycles. The highest BCUT2D eigenvalue weighted by molar-refractivity contribution is 7.09. The summed E-state index contributed by atoms with van der Waals surface area (Å²) in [5.41, 5.74) is 1.59. The van der Waals surface area contributed by atoms with Crippen molar-refractivity contribution in [1.29, 1.82) is 0 Å². The lowest BCUT2D eigenvalue weighted by molar-refractivity contribution is -0.120. The summed E-state index contributed by atoms with van der Waals surface area (Å²) in [5, 5.41) is 4.97. The molecule has 0 aliphatic carbocycles. The van der Waals surface area contributed by atoms with Crippen LogP contribution in [0.4, 0.5) is 5.69 Å². The topological polar surface area (TPSA) is 58.6 Å². The molecule has 2 amide bonds.